The van der Waals surface area contributed by atoms with Gasteiger partial charge in [0.15, 0.2) is 0 Å². The highest BCUT2D eigenvalue weighted by Crippen LogP contribution is 2.29. The standard InChI is InChI=1S/C29H27FN4O3/c1-18-3-12-25(17-19(18)2)31-27(35)21-6-4-20(5-7-21)26-32-28(37-33-26)22-13-15-34(16-14-22)29(36)23-8-10-24(30)11-9-23/h3-12,17,22H,13-16H2,1-2H3,(H,31,35). The topological polar surface area (TPSA) is 88.3 Å². The highest BCUT2D eigenvalue weighted by Gasteiger charge is 2.28. The fourth-order valence-corrected chi connectivity index (χ4v) is 4.42. The van der Waals surface area contributed by atoms with Crippen molar-refractivity contribution in [1.82, 2.24) is 15.0 Å². The Balaban J connectivity index is 1.19. The van der Waals surface area contributed by atoms with Crippen molar-refractivity contribution >= 4 is 17.5 Å². The maximum atomic E-state index is 13.1. The van der Waals surface area contributed by atoms with Crippen LogP contribution < -0.4 is 5.32 Å². The molecule has 3 aromatic carbocycles. The number of carbonyl (C=O) groups is 2. The maximum Gasteiger partial charge on any atom is 0.255 e. The number of benzene rings is 3. The third-order valence-electron chi connectivity index (χ3n) is 6.83. The summed E-state index contributed by atoms with van der Waals surface area (Å²) in [6.07, 6.45) is 1.40. The Morgan fingerprint density at radius 1 is 0.919 bits per heavy atom. The molecular formula is C29H27FN4O3. The predicted molar refractivity (Wildman–Crippen MR) is 138 cm³/mol. The Bertz CT molecular complexity index is 1420. The molecule has 1 fully saturated rings. The zero-order valence-corrected chi connectivity index (χ0v) is 20.7. The molecule has 4 aromatic rings. The predicted octanol–water partition coefficient (Wildman–Crippen LogP) is 5.76. The molecule has 5 rings (SSSR count). The van der Waals surface area contributed by atoms with Gasteiger partial charge in [-0.15, -0.1) is 0 Å². The van der Waals surface area contributed by atoms with E-state index in [4.69, 9.17) is 4.52 Å². The Labute approximate surface area is 214 Å². The van der Waals surface area contributed by atoms with Gasteiger partial charge < -0.3 is 14.7 Å². The van der Waals surface area contributed by atoms with E-state index in [9.17, 15) is 14.0 Å². The number of hydrogen-bond donors (Lipinski definition) is 1. The molecule has 1 aliphatic rings. The lowest BCUT2D eigenvalue weighted by Crippen LogP contribution is -2.38. The van der Waals surface area contributed by atoms with Crippen LogP contribution in [0.5, 0.6) is 0 Å². The van der Waals surface area contributed by atoms with Gasteiger partial charge in [-0.3, -0.25) is 9.59 Å². The van der Waals surface area contributed by atoms with Crippen molar-refractivity contribution in [3.63, 3.8) is 0 Å². The number of hydrogen-bond acceptors (Lipinski definition) is 5. The lowest BCUT2D eigenvalue weighted by molar-refractivity contribution is 0.0704. The fraction of sp³-hybridized carbons (Fsp3) is 0.241. The maximum absolute atomic E-state index is 13.1. The first-order valence-corrected chi connectivity index (χ1v) is 12.2. The van der Waals surface area contributed by atoms with Gasteiger partial charge in [-0.25, -0.2) is 4.39 Å². The van der Waals surface area contributed by atoms with Gasteiger partial charge in [0.05, 0.1) is 0 Å². The van der Waals surface area contributed by atoms with Crippen molar-refractivity contribution < 1.29 is 18.5 Å². The van der Waals surface area contributed by atoms with Crippen molar-refractivity contribution in [1.29, 1.82) is 0 Å². The second kappa shape index (κ2) is 10.3. The first-order valence-electron chi connectivity index (χ1n) is 12.2. The van der Waals surface area contributed by atoms with E-state index in [2.05, 4.69) is 15.5 Å². The highest BCUT2D eigenvalue weighted by molar-refractivity contribution is 6.04. The van der Waals surface area contributed by atoms with Gasteiger partial charge in [-0.1, -0.05) is 23.4 Å². The van der Waals surface area contributed by atoms with Crippen molar-refractivity contribution in [2.45, 2.75) is 32.6 Å². The number of nitrogens with one attached hydrogen (secondary N) is 1. The normalized spacial score (nSPS) is 14.0. The number of nitrogens with zero attached hydrogens (tertiary/aromatic N) is 3. The van der Waals surface area contributed by atoms with Crippen LogP contribution in [0.25, 0.3) is 11.4 Å². The summed E-state index contributed by atoms with van der Waals surface area (Å²) in [4.78, 5) is 31.7. The van der Waals surface area contributed by atoms with Crippen molar-refractivity contribution in [2.75, 3.05) is 18.4 Å². The summed E-state index contributed by atoms with van der Waals surface area (Å²) >= 11 is 0. The molecular weight excluding hydrogens is 471 g/mol. The molecule has 0 radical (unpaired) electrons. The molecule has 7 nitrogen and oxygen atoms in total. The molecule has 0 atom stereocenters. The van der Waals surface area contributed by atoms with Crippen LogP contribution in [-0.4, -0.2) is 39.9 Å². The summed E-state index contributed by atoms with van der Waals surface area (Å²) in [5.74, 6) is 0.400. The number of anilines is 1. The van der Waals surface area contributed by atoms with E-state index >= 15 is 0 Å². The molecule has 2 amide bonds. The second-order valence-corrected chi connectivity index (χ2v) is 9.36. The number of aromatic nitrogens is 2. The number of rotatable bonds is 5. The van der Waals surface area contributed by atoms with Crippen molar-refractivity contribution in [3.05, 3.63) is 101 Å². The minimum absolute atomic E-state index is 0.0570. The third kappa shape index (κ3) is 5.43. The van der Waals surface area contributed by atoms with Gasteiger partial charge in [0.1, 0.15) is 5.82 Å². The summed E-state index contributed by atoms with van der Waals surface area (Å²) in [5, 5.41) is 7.05. The molecule has 1 saturated heterocycles. The quantitative estimate of drug-likeness (QED) is 0.378. The molecule has 188 valence electrons. The monoisotopic (exact) mass is 498 g/mol. The number of piperidine rings is 1. The van der Waals surface area contributed by atoms with Gasteiger partial charge >= 0.3 is 0 Å². The Morgan fingerprint density at radius 2 is 1.59 bits per heavy atom. The molecule has 8 heteroatoms. The van der Waals surface area contributed by atoms with Gasteiger partial charge in [0.25, 0.3) is 11.8 Å². The molecule has 2 heterocycles. The third-order valence-corrected chi connectivity index (χ3v) is 6.83. The smallest absolute Gasteiger partial charge is 0.255 e. The molecule has 1 aromatic heterocycles. The Morgan fingerprint density at radius 3 is 2.27 bits per heavy atom. The van der Waals surface area contributed by atoms with E-state index in [0.717, 1.165) is 16.8 Å². The van der Waals surface area contributed by atoms with Crippen molar-refractivity contribution in [2.24, 2.45) is 0 Å². The average Bonchev–Trinajstić information content (AvgIpc) is 3.41. The lowest BCUT2D eigenvalue weighted by Gasteiger charge is -2.30. The van der Waals surface area contributed by atoms with Crippen LogP contribution in [0.2, 0.25) is 0 Å². The molecule has 0 spiro atoms. The number of amides is 2. The number of halogens is 1. The first kappa shape index (κ1) is 24.4. The Kier molecular flexibility index (Phi) is 6.81. The zero-order chi connectivity index (χ0) is 25.9. The minimum Gasteiger partial charge on any atom is -0.339 e. The van der Waals surface area contributed by atoms with Gasteiger partial charge in [-0.05, 0) is 86.3 Å². The summed E-state index contributed by atoms with van der Waals surface area (Å²) in [6, 6.07) is 18.5. The summed E-state index contributed by atoms with van der Waals surface area (Å²) in [6.45, 7) is 5.16. The highest BCUT2D eigenvalue weighted by atomic mass is 19.1. The van der Waals surface area contributed by atoms with E-state index in [1.54, 1.807) is 29.2 Å². The van der Waals surface area contributed by atoms with Gasteiger partial charge in [0, 0.05) is 41.4 Å². The van der Waals surface area contributed by atoms with Gasteiger partial charge in [0.2, 0.25) is 11.7 Å². The van der Waals surface area contributed by atoms with Crippen LogP contribution in [0, 0.1) is 19.7 Å². The SMILES string of the molecule is Cc1ccc(NC(=O)c2ccc(-c3noc(C4CCN(C(=O)c5ccc(F)cc5)CC4)n3)cc2)cc1C. The van der Waals surface area contributed by atoms with Crippen molar-refractivity contribution in [3.8, 4) is 11.4 Å². The van der Waals surface area contributed by atoms with Crippen LogP contribution in [0.15, 0.2) is 71.3 Å². The van der Waals surface area contributed by atoms with E-state index in [1.807, 2.05) is 32.0 Å². The van der Waals surface area contributed by atoms with E-state index in [-0.39, 0.29) is 23.5 Å². The summed E-state index contributed by atoms with van der Waals surface area (Å²) in [5.41, 5.74) is 4.80. The van der Waals surface area contributed by atoms with Crippen LogP contribution in [0.1, 0.15) is 56.5 Å². The molecule has 1 aliphatic heterocycles. The summed E-state index contributed by atoms with van der Waals surface area (Å²) < 4.78 is 18.7. The number of aryl methyl sites for hydroxylation is 2. The Hall–Kier alpha value is -4.33. The largest absolute Gasteiger partial charge is 0.339 e. The number of likely N-dealkylation sites (tertiary alicyclic amines) is 1. The van der Waals surface area contributed by atoms with Crippen LogP contribution in [0.3, 0.4) is 0 Å². The summed E-state index contributed by atoms with van der Waals surface area (Å²) in [7, 11) is 0. The van der Waals surface area contributed by atoms with Gasteiger partial charge in [-0.2, -0.15) is 4.98 Å². The zero-order valence-electron chi connectivity index (χ0n) is 20.7. The van der Waals surface area contributed by atoms with E-state index in [0.29, 0.717) is 48.8 Å². The first-order chi connectivity index (χ1) is 17.9. The van der Waals surface area contributed by atoms with E-state index in [1.165, 1.54) is 29.8 Å². The molecule has 0 bridgehead atoms. The second-order valence-electron chi connectivity index (χ2n) is 9.36. The minimum atomic E-state index is -0.363. The van der Waals surface area contributed by atoms with Crippen LogP contribution in [0.4, 0.5) is 10.1 Å². The van der Waals surface area contributed by atoms with Crippen LogP contribution >= 0.6 is 0 Å². The molecule has 37 heavy (non-hydrogen) atoms. The fourth-order valence-electron chi connectivity index (χ4n) is 4.42. The molecule has 0 aliphatic carbocycles. The molecule has 1 N–H and O–H groups in total. The lowest BCUT2D eigenvalue weighted by atomic mass is 9.96. The van der Waals surface area contributed by atoms with Crippen LogP contribution in [-0.2, 0) is 0 Å². The molecule has 0 unspecified atom stereocenters. The molecule has 0 saturated carbocycles. The average molecular weight is 499 g/mol. The number of carbonyl (C=O) groups excluding carboxylic acids is 2. The van der Waals surface area contributed by atoms with E-state index < -0.39 is 0 Å².